The second-order valence-electron chi connectivity index (χ2n) is 6.58. The van der Waals surface area contributed by atoms with E-state index in [4.69, 9.17) is 9.47 Å². The summed E-state index contributed by atoms with van der Waals surface area (Å²) in [6.07, 6.45) is 25.5. The Labute approximate surface area is 144 Å². The third-order valence-corrected chi connectivity index (χ3v) is 4.31. The maximum Gasteiger partial charge on any atom is 0.157 e. The van der Waals surface area contributed by atoms with E-state index in [9.17, 15) is 0 Å². The smallest absolute Gasteiger partial charge is 0.157 e. The van der Waals surface area contributed by atoms with Gasteiger partial charge in [-0.1, -0.05) is 69.8 Å². The lowest BCUT2D eigenvalue weighted by atomic mass is 10.1. The van der Waals surface area contributed by atoms with E-state index in [-0.39, 0.29) is 6.29 Å². The Morgan fingerprint density at radius 1 is 0.870 bits per heavy atom. The van der Waals surface area contributed by atoms with E-state index in [2.05, 4.69) is 31.2 Å². The summed E-state index contributed by atoms with van der Waals surface area (Å²) in [5, 5.41) is 0. The lowest BCUT2D eigenvalue weighted by Gasteiger charge is -2.22. The van der Waals surface area contributed by atoms with Crippen molar-refractivity contribution in [3.63, 3.8) is 0 Å². The zero-order valence-electron chi connectivity index (χ0n) is 15.3. The molecule has 0 radical (unpaired) electrons. The summed E-state index contributed by atoms with van der Waals surface area (Å²) in [5.41, 5.74) is 0. The van der Waals surface area contributed by atoms with Crippen molar-refractivity contribution in [3.8, 4) is 0 Å². The van der Waals surface area contributed by atoms with E-state index in [1.807, 2.05) is 0 Å². The standard InChI is InChI=1S/C21H38O2/c1-2-3-4-5-6-7-8-9-10-11-12-13-14-16-19-22-21-18-15-17-20-23-21/h5-8,21H,2-4,9-20H2,1H3/b6-5-,8-7+. The highest BCUT2D eigenvalue weighted by Crippen LogP contribution is 2.14. The van der Waals surface area contributed by atoms with Crippen LogP contribution >= 0.6 is 0 Å². The van der Waals surface area contributed by atoms with Gasteiger partial charge in [0.05, 0.1) is 0 Å². The summed E-state index contributed by atoms with van der Waals surface area (Å²) in [7, 11) is 0. The normalized spacial score (nSPS) is 19.1. The third-order valence-electron chi connectivity index (χ3n) is 4.31. The Morgan fingerprint density at radius 3 is 2.26 bits per heavy atom. The number of rotatable bonds is 14. The molecule has 0 aromatic rings. The van der Waals surface area contributed by atoms with E-state index in [0.29, 0.717) is 0 Å². The van der Waals surface area contributed by atoms with Crippen molar-refractivity contribution < 1.29 is 9.47 Å². The first-order valence-electron chi connectivity index (χ1n) is 9.98. The first-order chi connectivity index (χ1) is 11.4. The van der Waals surface area contributed by atoms with Crippen LogP contribution in [0.5, 0.6) is 0 Å². The van der Waals surface area contributed by atoms with Gasteiger partial charge in [-0.2, -0.15) is 0 Å². The van der Waals surface area contributed by atoms with Crippen LogP contribution in [0.15, 0.2) is 24.3 Å². The van der Waals surface area contributed by atoms with Crippen LogP contribution < -0.4 is 0 Å². The molecule has 2 nitrogen and oxygen atoms in total. The van der Waals surface area contributed by atoms with Crippen molar-refractivity contribution in [2.24, 2.45) is 0 Å². The minimum Gasteiger partial charge on any atom is -0.353 e. The number of hydrogen-bond donors (Lipinski definition) is 0. The average molecular weight is 323 g/mol. The second kappa shape index (κ2) is 16.3. The predicted octanol–water partition coefficient (Wildman–Crippen LogP) is 6.56. The predicted molar refractivity (Wildman–Crippen MR) is 99.7 cm³/mol. The Balaban J connectivity index is 1.75. The molecule has 0 spiro atoms. The molecular formula is C21H38O2. The lowest BCUT2D eigenvalue weighted by molar-refractivity contribution is -0.162. The number of unbranched alkanes of at least 4 members (excludes halogenated alkanes) is 8. The molecule has 1 aliphatic heterocycles. The van der Waals surface area contributed by atoms with E-state index >= 15 is 0 Å². The number of hydrogen-bond acceptors (Lipinski definition) is 2. The summed E-state index contributed by atoms with van der Waals surface area (Å²) in [6.45, 7) is 3.99. The minimum atomic E-state index is 0.0894. The van der Waals surface area contributed by atoms with Crippen molar-refractivity contribution in [1.82, 2.24) is 0 Å². The fourth-order valence-electron chi connectivity index (χ4n) is 2.80. The highest BCUT2D eigenvalue weighted by molar-refractivity contribution is 5.02. The summed E-state index contributed by atoms with van der Waals surface area (Å²) < 4.78 is 11.3. The fraction of sp³-hybridized carbons (Fsp3) is 0.810. The van der Waals surface area contributed by atoms with E-state index in [0.717, 1.165) is 19.6 Å². The molecule has 23 heavy (non-hydrogen) atoms. The summed E-state index contributed by atoms with van der Waals surface area (Å²) in [6, 6.07) is 0. The van der Waals surface area contributed by atoms with Crippen LogP contribution in [0.3, 0.4) is 0 Å². The molecule has 1 unspecified atom stereocenters. The molecule has 0 aliphatic carbocycles. The Kier molecular flexibility index (Phi) is 14.5. The molecule has 1 rings (SSSR count). The van der Waals surface area contributed by atoms with Crippen LogP contribution in [0.4, 0.5) is 0 Å². The molecule has 0 bridgehead atoms. The maximum atomic E-state index is 5.75. The molecule has 0 amide bonds. The summed E-state index contributed by atoms with van der Waals surface area (Å²) >= 11 is 0. The zero-order valence-corrected chi connectivity index (χ0v) is 15.3. The number of ether oxygens (including phenoxy) is 2. The van der Waals surface area contributed by atoms with E-state index in [1.54, 1.807) is 0 Å². The van der Waals surface area contributed by atoms with Gasteiger partial charge in [0.15, 0.2) is 6.29 Å². The van der Waals surface area contributed by atoms with Gasteiger partial charge in [0, 0.05) is 13.2 Å². The van der Waals surface area contributed by atoms with Gasteiger partial charge in [-0.25, -0.2) is 0 Å². The molecule has 134 valence electrons. The van der Waals surface area contributed by atoms with Crippen LogP contribution in [0.1, 0.15) is 90.4 Å². The summed E-state index contributed by atoms with van der Waals surface area (Å²) in [5.74, 6) is 0. The minimum absolute atomic E-state index is 0.0894. The van der Waals surface area contributed by atoms with Crippen LogP contribution in [-0.2, 0) is 9.47 Å². The highest BCUT2D eigenvalue weighted by atomic mass is 16.7. The SMILES string of the molecule is CCCC/C=C\C=C\CCCCCCCCOC1CCCCO1. The molecular weight excluding hydrogens is 284 g/mol. The third kappa shape index (κ3) is 13.5. The van der Waals surface area contributed by atoms with Crippen molar-refractivity contribution in [2.45, 2.75) is 96.7 Å². The van der Waals surface area contributed by atoms with Gasteiger partial charge in [-0.3, -0.25) is 0 Å². The van der Waals surface area contributed by atoms with Crippen molar-refractivity contribution >= 4 is 0 Å². The van der Waals surface area contributed by atoms with Crippen LogP contribution in [0, 0.1) is 0 Å². The maximum absolute atomic E-state index is 5.75. The molecule has 1 aliphatic rings. The summed E-state index contributed by atoms with van der Waals surface area (Å²) in [4.78, 5) is 0. The Hall–Kier alpha value is -0.600. The largest absolute Gasteiger partial charge is 0.353 e. The van der Waals surface area contributed by atoms with Crippen molar-refractivity contribution in [3.05, 3.63) is 24.3 Å². The molecule has 1 fully saturated rings. The molecule has 2 heteroatoms. The van der Waals surface area contributed by atoms with Gasteiger partial charge < -0.3 is 9.47 Å². The highest BCUT2D eigenvalue weighted by Gasteiger charge is 2.13. The Bertz CT molecular complexity index is 290. The van der Waals surface area contributed by atoms with E-state index < -0.39 is 0 Å². The van der Waals surface area contributed by atoms with Gasteiger partial charge in [0.25, 0.3) is 0 Å². The van der Waals surface area contributed by atoms with Crippen LogP contribution in [0.2, 0.25) is 0 Å². The topological polar surface area (TPSA) is 18.5 Å². The second-order valence-corrected chi connectivity index (χ2v) is 6.58. The van der Waals surface area contributed by atoms with Gasteiger partial charge in [-0.05, 0) is 44.9 Å². The fourth-order valence-corrected chi connectivity index (χ4v) is 2.80. The number of allylic oxidation sites excluding steroid dienone is 4. The van der Waals surface area contributed by atoms with Gasteiger partial charge in [-0.15, -0.1) is 0 Å². The first kappa shape index (κ1) is 20.4. The molecule has 0 aromatic carbocycles. The molecule has 0 aromatic heterocycles. The molecule has 1 atom stereocenters. The monoisotopic (exact) mass is 322 g/mol. The molecule has 1 saturated heterocycles. The average Bonchev–Trinajstić information content (AvgIpc) is 2.59. The van der Waals surface area contributed by atoms with Crippen molar-refractivity contribution in [2.75, 3.05) is 13.2 Å². The molecule has 1 heterocycles. The van der Waals surface area contributed by atoms with Crippen LogP contribution in [-0.4, -0.2) is 19.5 Å². The lowest BCUT2D eigenvalue weighted by Crippen LogP contribution is -2.22. The Morgan fingerprint density at radius 2 is 1.57 bits per heavy atom. The quantitative estimate of drug-likeness (QED) is 0.266. The van der Waals surface area contributed by atoms with Crippen molar-refractivity contribution in [1.29, 1.82) is 0 Å². The van der Waals surface area contributed by atoms with Crippen LogP contribution in [0.25, 0.3) is 0 Å². The zero-order chi connectivity index (χ0) is 16.4. The van der Waals surface area contributed by atoms with Gasteiger partial charge >= 0.3 is 0 Å². The molecule has 0 saturated carbocycles. The first-order valence-corrected chi connectivity index (χ1v) is 9.98. The van der Waals surface area contributed by atoms with Gasteiger partial charge in [0.2, 0.25) is 0 Å². The van der Waals surface area contributed by atoms with Gasteiger partial charge in [0.1, 0.15) is 0 Å². The van der Waals surface area contributed by atoms with E-state index in [1.165, 1.54) is 77.0 Å². The molecule has 0 N–H and O–H groups in total.